The highest BCUT2D eigenvalue weighted by molar-refractivity contribution is 5.94. The molecular formula is C16H19N3O2. The highest BCUT2D eigenvalue weighted by atomic mass is 16.5. The summed E-state index contributed by atoms with van der Waals surface area (Å²) in [5.74, 6) is 0.720. The van der Waals surface area contributed by atoms with E-state index in [1.165, 1.54) is 0 Å². The first-order chi connectivity index (χ1) is 10.1. The van der Waals surface area contributed by atoms with Gasteiger partial charge in [-0.05, 0) is 29.8 Å². The van der Waals surface area contributed by atoms with Crippen LogP contribution in [0.5, 0.6) is 5.75 Å². The molecule has 0 aliphatic heterocycles. The van der Waals surface area contributed by atoms with Gasteiger partial charge in [0, 0.05) is 31.9 Å². The molecule has 0 fully saturated rings. The molecule has 0 unspecified atom stereocenters. The van der Waals surface area contributed by atoms with Crippen LogP contribution in [0.3, 0.4) is 0 Å². The lowest BCUT2D eigenvalue weighted by atomic mass is 10.1. The predicted octanol–water partition coefficient (Wildman–Crippen LogP) is 1.82. The van der Waals surface area contributed by atoms with Crippen molar-refractivity contribution < 1.29 is 9.53 Å². The Kier molecular flexibility index (Phi) is 4.90. The Bertz CT molecular complexity index is 628. The smallest absolute Gasteiger partial charge is 0.254 e. The van der Waals surface area contributed by atoms with Gasteiger partial charge < -0.3 is 15.4 Å². The molecule has 1 aromatic heterocycles. The molecule has 0 spiro atoms. The first kappa shape index (κ1) is 15.0. The Balaban J connectivity index is 2.11. The normalized spacial score (nSPS) is 10.2. The summed E-state index contributed by atoms with van der Waals surface area (Å²) >= 11 is 0. The van der Waals surface area contributed by atoms with Crippen LogP contribution in [0.25, 0.3) is 0 Å². The number of ether oxygens (including phenoxy) is 1. The first-order valence-corrected chi connectivity index (χ1v) is 6.67. The third kappa shape index (κ3) is 3.79. The van der Waals surface area contributed by atoms with E-state index in [0.29, 0.717) is 24.3 Å². The molecule has 2 aromatic rings. The van der Waals surface area contributed by atoms with E-state index in [1.54, 1.807) is 37.4 Å². The van der Waals surface area contributed by atoms with Crippen molar-refractivity contribution in [3.8, 4) is 5.75 Å². The summed E-state index contributed by atoms with van der Waals surface area (Å²) in [5, 5.41) is 0. The Morgan fingerprint density at radius 1 is 1.33 bits per heavy atom. The number of nitrogens with two attached hydrogens (primary N) is 1. The molecular weight excluding hydrogens is 266 g/mol. The second kappa shape index (κ2) is 6.85. The molecule has 5 nitrogen and oxygen atoms in total. The second-order valence-corrected chi connectivity index (χ2v) is 4.75. The Hall–Kier alpha value is -2.40. The van der Waals surface area contributed by atoms with E-state index in [2.05, 4.69) is 4.98 Å². The fraction of sp³-hybridized carbons (Fsp3) is 0.250. The van der Waals surface area contributed by atoms with Crippen LogP contribution >= 0.6 is 0 Å². The lowest BCUT2D eigenvalue weighted by molar-refractivity contribution is 0.0784. The maximum absolute atomic E-state index is 12.4. The second-order valence-electron chi connectivity index (χ2n) is 4.75. The molecule has 0 bridgehead atoms. The van der Waals surface area contributed by atoms with E-state index in [-0.39, 0.29) is 5.91 Å². The van der Waals surface area contributed by atoms with Crippen LogP contribution in [0.1, 0.15) is 21.6 Å². The number of amides is 1. The van der Waals surface area contributed by atoms with Crippen molar-refractivity contribution in [1.29, 1.82) is 0 Å². The predicted molar refractivity (Wildman–Crippen MR) is 80.9 cm³/mol. The topological polar surface area (TPSA) is 68.5 Å². The molecule has 1 heterocycles. The van der Waals surface area contributed by atoms with Gasteiger partial charge in [0.25, 0.3) is 5.91 Å². The minimum absolute atomic E-state index is 0.0603. The van der Waals surface area contributed by atoms with Gasteiger partial charge in [0.1, 0.15) is 5.75 Å². The van der Waals surface area contributed by atoms with Crippen LogP contribution in [0.15, 0.2) is 42.6 Å². The molecule has 5 heteroatoms. The summed E-state index contributed by atoms with van der Waals surface area (Å²) in [5.41, 5.74) is 7.86. The lowest BCUT2D eigenvalue weighted by Crippen LogP contribution is -2.26. The number of hydrogen-bond donors (Lipinski definition) is 1. The monoisotopic (exact) mass is 285 g/mol. The number of benzene rings is 1. The average Bonchev–Trinajstić information content (AvgIpc) is 2.54. The van der Waals surface area contributed by atoms with Crippen LogP contribution in [-0.2, 0) is 13.1 Å². The van der Waals surface area contributed by atoms with Gasteiger partial charge in [-0.25, -0.2) is 0 Å². The van der Waals surface area contributed by atoms with Gasteiger partial charge >= 0.3 is 0 Å². The molecule has 2 rings (SSSR count). The van der Waals surface area contributed by atoms with Crippen molar-refractivity contribution in [3.63, 3.8) is 0 Å². The van der Waals surface area contributed by atoms with E-state index >= 15 is 0 Å². The van der Waals surface area contributed by atoms with Gasteiger partial charge in [-0.1, -0.05) is 12.1 Å². The molecule has 0 aliphatic carbocycles. The molecule has 0 saturated heterocycles. The first-order valence-electron chi connectivity index (χ1n) is 6.67. The summed E-state index contributed by atoms with van der Waals surface area (Å²) < 4.78 is 5.19. The molecule has 21 heavy (non-hydrogen) atoms. The average molecular weight is 285 g/mol. The minimum Gasteiger partial charge on any atom is -0.497 e. The van der Waals surface area contributed by atoms with E-state index in [9.17, 15) is 4.79 Å². The fourth-order valence-corrected chi connectivity index (χ4v) is 2.06. The summed E-state index contributed by atoms with van der Waals surface area (Å²) in [6.07, 6.45) is 1.61. The number of pyridine rings is 1. The van der Waals surface area contributed by atoms with Crippen molar-refractivity contribution >= 4 is 5.91 Å². The van der Waals surface area contributed by atoms with Crippen LogP contribution < -0.4 is 10.5 Å². The molecule has 0 aliphatic rings. The van der Waals surface area contributed by atoms with Crippen molar-refractivity contribution in [2.45, 2.75) is 13.1 Å². The number of carbonyl (C=O) groups excluding carboxylic acids is 1. The summed E-state index contributed by atoms with van der Waals surface area (Å²) in [6, 6.07) is 11.1. The lowest BCUT2D eigenvalue weighted by Gasteiger charge is -2.18. The summed E-state index contributed by atoms with van der Waals surface area (Å²) in [4.78, 5) is 18.1. The highest BCUT2D eigenvalue weighted by Gasteiger charge is 2.13. The maximum Gasteiger partial charge on any atom is 0.254 e. The molecule has 2 N–H and O–H groups in total. The number of nitrogens with zero attached hydrogens (tertiary/aromatic N) is 2. The Labute approximate surface area is 124 Å². The van der Waals surface area contributed by atoms with Crippen LogP contribution in [0.4, 0.5) is 0 Å². The van der Waals surface area contributed by atoms with Crippen molar-refractivity contribution in [3.05, 3.63) is 59.4 Å². The van der Waals surface area contributed by atoms with Crippen molar-refractivity contribution in [1.82, 2.24) is 9.88 Å². The quantitative estimate of drug-likeness (QED) is 0.910. The van der Waals surface area contributed by atoms with E-state index < -0.39 is 0 Å². The molecule has 0 saturated carbocycles. The Morgan fingerprint density at radius 3 is 2.86 bits per heavy atom. The van der Waals surface area contributed by atoms with Gasteiger partial charge in [0.05, 0.1) is 12.8 Å². The third-order valence-corrected chi connectivity index (χ3v) is 3.17. The Morgan fingerprint density at radius 2 is 2.14 bits per heavy atom. The van der Waals surface area contributed by atoms with Gasteiger partial charge in [0.15, 0.2) is 0 Å². The van der Waals surface area contributed by atoms with Crippen LogP contribution in [0.2, 0.25) is 0 Å². The van der Waals surface area contributed by atoms with Crippen molar-refractivity contribution in [2.24, 2.45) is 5.73 Å². The third-order valence-electron chi connectivity index (χ3n) is 3.17. The van der Waals surface area contributed by atoms with E-state index in [4.69, 9.17) is 10.5 Å². The van der Waals surface area contributed by atoms with Crippen LogP contribution in [-0.4, -0.2) is 29.9 Å². The van der Waals surface area contributed by atoms with E-state index in [1.807, 2.05) is 24.3 Å². The number of aromatic nitrogens is 1. The minimum atomic E-state index is -0.0603. The molecule has 1 amide bonds. The molecule has 110 valence electrons. The zero-order valence-electron chi connectivity index (χ0n) is 12.2. The number of methoxy groups -OCH3 is 1. The number of hydrogen-bond acceptors (Lipinski definition) is 4. The highest BCUT2D eigenvalue weighted by Crippen LogP contribution is 2.15. The number of carbonyl (C=O) groups is 1. The molecule has 1 aromatic carbocycles. The fourth-order valence-electron chi connectivity index (χ4n) is 2.06. The standard InChI is InChI=1S/C16H19N3O2/c1-19(11-12-4-3-5-15(8-12)21-2)16(20)13-6-7-18-14(9-13)10-17/h3-9H,10-11,17H2,1-2H3. The SMILES string of the molecule is COc1cccc(CN(C)C(=O)c2ccnc(CN)c2)c1. The maximum atomic E-state index is 12.4. The molecule has 0 atom stereocenters. The van der Waals surface area contributed by atoms with Gasteiger partial charge in [-0.15, -0.1) is 0 Å². The zero-order chi connectivity index (χ0) is 15.2. The number of rotatable bonds is 5. The summed E-state index contributed by atoms with van der Waals surface area (Å²) in [7, 11) is 3.39. The van der Waals surface area contributed by atoms with Crippen molar-refractivity contribution in [2.75, 3.05) is 14.2 Å². The largest absolute Gasteiger partial charge is 0.497 e. The zero-order valence-corrected chi connectivity index (χ0v) is 12.2. The molecule has 0 radical (unpaired) electrons. The summed E-state index contributed by atoms with van der Waals surface area (Å²) in [6.45, 7) is 0.830. The van der Waals surface area contributed by atoms with Crippen LogP contribution in [0, 0.1) is 0 Å². The van der Waals surface area contributed by atoms with Gasteiger partial charge in [-0.3, -0.25) is 9.78 Å². The van der Waals surface area contributed by atoms with E-state index in [0.717, 1.165) is 11.3 Å². The van der Waals surface area contributed by atoms with Gasteiger partial charge in [-0.2, -0.15) is 0 Å². The van der Waals surface area contributed by atoms with Gasteiger partial charge in [0.2, 0.25) is 0 Å².